The summed E-state index contributed by atoms with van der Waals surface area (Å²) in [5.41, 5.74) is 0.0724. The van der Waals surface area contributed by atoms with Crippen molar-refractivity contribution in [2.24, 2.45) is 11.3 Å². The van der Waals surface area contributed by atoms with E-state index in [1.165, 1.54) is 0 Å². The highest BCUT2D eigenvalue weighted by atomic mass is 32.1. The van der Waals surface area contributed by atoms with Crippen LogP contribution in [0.5, 0.6) is 0 Å². The van der Waals surface area contributed by atoms with E-state index in [0.29, 0.717) is 5.69 Å². The number of ether oxygens (including phenoxy) is 1. The number of nitrogens with one attached hydrogen (secondary N) is 2. The summed E-state index contributed by atoms with van der Waals surface area (Å²) in [6, 6.07) is 0. The number of aromatic amines is 1. The van der Waals surface area contributed by atoms with E-state index in [9.17, 15) is 14.4 Å². The van der Waals surface area contributed by atoms with Crippen LogP contribution in [0.25, 0.3) is 0 Å². The summed E-state index contributed by atoms with van der Waals surface area (Å²) in [6.45, 7) is 7.54. The number of amides is 1. The first kappa shape index (κ1) is 16.4. The monoisotopic (exact) mass is 300 g/mol. The third kappa shape index (κ3) is 4.48. The van der Waals surface area contributed by atoms with Gasteiger partial charge in [-0.25, -0.2) is 0 Å². The summed E-state index contributed by atoms with van der Waals surface area (Å²) in [5, 5.41) is 4.29. The van der Waals surface area contributed by atoms with Gasteiger partial charge in [-0.05, 0) is 12.3 Å². The van der Waals surface area contributed by atoms with E-state index in [-0.39, 0.29) is 18.0 Å². The van der Waals surface area contributed by atoms with Crippen molar-refractivity contribution in [3.8, 4) is 0 Å². The van der Waals surface area contributed by atoms with E-state index in [2.05, 4.69) is 10.3 Å². The molecule has 0 aliphatic rings. The molecule has 6 nitrogen and oxygen atoms in total. The Balaban J connectivity index is 2.73. The van der Waals surface area contributed by atoms with Crippen LogP contribution in [0.15, 0.2) is 10.2 Å². The lowest BCUT2D eigenvalue weighted by Crippen LogP contribution is -2.43. The average molecular weight is 300 g/mol. The summed E-state index contributed by atoms with van der Waals surface area (Å²) < 4.78 is 4.95. The van der Waals surface area contributed by atoms with Gasteiger partial charge in [0.05, 0.1) is 13.2 Å². The molecular weight excluding hydrogens is 280 g/mol. The molecule has 7 heteroatoms. The van der Waals surface area contributed by atoms with Crippen LogP contribution in [0, 0.1) is 11.3 Å². The first-order valence-electron chi connectivity index (χ1n) is 6.36. The molecule has 0 aromatic carbocycles. The number of aromatic nitrogens is 1. The Morgan fingerprint density at radius 2 is 2.10 bits per heavy atom. The second kappa shape index (κ2) is 6.69. The van der Waals surface area contributed by atoms with Gasteiger partial charge in [0.2, 0.25) is 5.91 Å². The highest BCUT2D eigenvalue weighted by Gasteiger charge is 2.38. The van der Waals surface area contributed by atoms with Gasteiger partial charge in [0, 0.05) is 11.1 Å². The van der Waals surface area contributed by atoms with Crippen molar-refractivity contribution in [3.05, 3.63) is 20.7 Å². The Hall–Kier alpha value is -1.63. The molecule has 0 saturated heterocycles. The van der Waals surface area contributed by atoms with Crippen molar-refractivity contribution in [2.75, 3.05) is 6.61 Å². The third-order valence-corrected chi connectivity index (χ3v) is 3.39. The Bertz CT molecular complexity index is 527. The zero-order chi connectivity index (χ0) is 15.3. The molecule has 1 rings (SSSR count). The highest BCUT2D eigenvalue weighted by Crippen LogP contribution is 2.27. The Kier molecular flexibility index (Phi) is 5.50. The van der Waals surface area contributed by atoms with Gasteiger partial charge in [-0.1, -0.05) is 32.1 Å². The van der Waals surface area contributed by atoms with E-state index in [0.717, 1.165) is 11.3 Å². The van der Waals surface area contributed by atoms with Gasteiger partial charge in [0.25, 0.3) is 0 Å². The van der Waals surface area contributed by atoms with E-state index >= 15 is 0 Å². The molecule has 2 N–H and O–H groups in total. The molecule has 0 spiro atoms. The lowest BCUT2D eigenvalue weighted by Gasteiger charge is -2.27. The van der Waals surface area contributed by atoms with Gasteiger partial charge in [0.15, 0.2) is 0 Å². The van der Waals surface area contributed by atoms with Crippen LogP contribution in [0.3, 0.4) is 0 Å². The van der Waals surface area contributed by atoms with Crippen LogP contribution in [-0.4, -0.2) is 23.5 Å². The van der Waals surface area contributed by atoms with E-state index in [1.807, 2.05) is 0 Å². The predicted molar refractivity (Wildman–Crippen MR) is 76.4 cm³/mol. The summed E-state index contributed by atoms with van der Waals surface area (Å²) in [7, 11) is 0. The fraction of sp³-hybridized carbons (Fsp3) is 0.615. The molecule has 0 aliphatic heterocycles. The second-order valence-corrected chi connectivity index (χ2v) is 6.28. The average Bonchev–Trinajstić information content (AvgIpc) is 2.71. The van der Waals surface area contributed by atoms with Crippen LogP contribution in [0.1, 0.15) is 33.4 Å². The second-order valence-electron chi connectivity index (χ2n) is 5.44. The number of carbonyl (C=O) groups excluding carboxylic acids is 2. The van der Waals surface area contributed by atoms with Crippen molar-refractivity contribution >= 4 is 23.2 Å². The Morgan fingerprint density at radius 3 is 2.55 bits per heavy atom. The molecule has 112 valence electrons. The maximum Gasteiger partial charge on any atom is 0.319 e. The summed E-state index contributed by atoms with van der Waals surface area (Å²) in [4.78, 5) is 37.5. The molecule has 1 aromatic rings. The summed E-state index contributed by atoms with van der Waals surface area (Å²) in [6.07, 6.45) is 0. The Labute approximate surface area is 121 Å². The van der Waals surface area contributed by atoms with Crippen molar-refractivity contribution in [2.45, 2.75) is 34.2 Å². The van der Waals surface area contributed by atoms with Gasteiger partial charge in [-0.15, -0.1) is 0 Å². The minimum atomic E-state index is -0.882. The zero-order valence-electron chi connectivity index (χ0n) is 12.1. The van der Waals surface area contributed by atoms with E-state index in [4.69, 9.17) is 4.74 Å². The first-order valence-corrected chi connectivity index (χ1v) is 7.24. The van der Waals surface area contributed by atoms with Crippen molar-refractivity contribution in [1.82, 2.24) is 10.3 Å². The summed E-state index contributed by atoms with van der Waals surface area (Å²) >= 11 is 1.03. The number of hydrogen-bond acceptors (Lipinski definition) is 5. The Morgan fingerprint density at radius 1 is 1.45 bits per heavy atom. The van der Waals surface area contributed by atoms with Gasteiger partial charge in [-0.2, -0.15) is 0 Å². The minimum absolute atomic E-state index is 0.174. The van der Waals surface area contributed by atoms with Crippen LogP contribution in [0.2, 0.25) is 0 Å². The maximum absolute atomic E-state index is 12.2. The minimum Gasteiger partial charge on any atom is -0.465 e. The molecule has 1 atom stereocenters. The number of H-pyrrole nitrogens is 1. The highest BCUT2D eigenvalue weighted by molar-refractivity contribution is 7.07. The molecule has 1 aromatic heterocycles. The largest absolute Gasteiger partial charge is 0.465 e. The summed E-state index contributed by atoms with van der Waals surface area (Å²) in [5.74, 6) is -1.81. The number of thiazole rings is 1. The van der Waals surface area contributed by atoms with Crippen LogP contribution < -0.4 is 10.2 Å². The quantitative estimate of drug-likeness (QED) is 0.633. The zero-order valence-corrected chi connectivity index (χ0v) is 12.9. The molecule has 1 unspecified atom stereocenters. The van der Waals surface area contributed by atoms with Gasteiger partial charge >= 0.3 is 10.8 Å². The molecule has 0 aliphatic carbocycles. The van der Waals surface area contributed by atoms with E-state index in [1.54, 1.807) is 33.1 Å². The number of esters is 1. The van der Waals surface area contributed by atoms with Crippen molar-refractivity contribution in [1.29, 1.82) is 0 Å². The molecule has 1 amide bonds. The van der Waals surface area contributed by atoms with Crippen molar-refractivity contribution in [3.63, 3.8) is 0 Å². The number of carbonyl (C=O) groups is 2. The molecule has 0 fully saturated rings. The number of rotatable bonds is 5. The van der Waals surface area contributed by atoms with Gasteiger partial charge in [0.1, 0.15) is 5.92 Å². The van der Waals surface area contributed by atoms with Crippen LogP contribution >= 0.6 is 11.3 Å². The van der Waals surface area contributed by atoms with Crippen molar-refractivity contribution < 1.29 is 14.3 Å². The lowest BCUT2D eigenvalue weighted by atomic mass is 9.80. The first-order chi connectivity index (χ1) is 9.25. The molecule has 0 radical (unpaired) electrons. The number of hydrogen-bond donors (Lipinski definition) is 2. The van der Waals surface area contributed by atoms with Gasteiger partial charge in [-0.3, -0.25) is 14.4 Å². The standard InChI is InChI=1S/C13H20N2O4S/c1-5-19-11(17)9(13(2,3)4)10(16)14-6-8-7-20-12(18)15-8/h7,9H,5-6H2,1-4H3,(H,14,16)(H,15,18). The molecule has 0 bridgehead atoms. The normalized spacial score (nSPS) is 12.8. The molecule has 1 heterocycles. The smallest absolute Gasteiger partial charge is 0.319 e. The topological polar surface area (TPSA) is 88.3 Å². The molecule has 0 saturated carbocycles. The molecular formula is C13H20N2O4S. The van der Waals surface area contributed by atoms with E-state index < -0.39 is 23.2 Å². The van der Waals surface area contributed by atoms with Crippen LogP contribution in [0.4, 0.5) is 0 Å². The fourth-order valence-electron chi connectivity index (χ4n) is 1.76. The lowest BCUT2D eigenvalue weighted by molar-refractivity contribution is -0.156. The fourth-order valence-corrected chi connectivity index (χ4v) is 2.35. The molecule has 20 heavy (non-hydrogen) atoms. The van der Waals surface area contributed by atoms with Gasteiger partial charge < -0.3 is 15.0 Å². The third-order valence-electron chi connectivity index (χ3n) is 2.67. The van der Waals surface area contributed by atoms with Crippen LogP contribution in [-0.2, 0) is 20.9 Å². The predicted octanol–water partition coefficient (Wildman–Crippen LogP) is 1.28. The maximum atomic E-state index is 12.2. The SMILES string of the molecule is CCOC(=O)C(C(=O)NCc1csc(=O)[nH]1)C(C)(C)C.